The Hall–Kier alpha value is -1.24. The molecule has 0 aliphatic heterocycles. The molecule has 0 radical (unpaired) electrons. The van der Waals surface area contributed by atoms with Crippen molar-refractivity contribution in [3.05, 3.63) is 35.9 Å². The summed E-state index contributed by atoms with van der Waals surface area (Å²) in [6.45, 7) is 2.26. The second kappa shape index (κ2) is 9.76. The quantitative estimate of drug-likeness (QED) is 0.567. The third-order valence-electron chi connectivity index (χ3n) is 3.18. The lowest BCUT2D eigenvalue weighted by Crippen LogP contribution is -1.79. The molecule has 1 rings (SSSR count). The number of hydrogen-bond acceptors (Lipinski definition) is 1. The molecule has 0 heterocycles. The van der Waals surface area contributed by atoms with E-state index >= 15 is 0 Å². The Labute approximate surface area is 112 Å². The highest BCUT2D eigenvalue weighted by Crippen LogP contribution is 2.12. The molecule has 18 heavy (non-hydrogen) atoms. The second-order valence-electron chi connectivity index (χ2n) is 4.90. The van der Waals surface area contributed by atoms with E-state index in [4.69, 9.17) is 5.11 Å². The van der Waals surface area contributed by atoms with E-state index < -0.39 is 0 Å². The number of phenols is 1. The van der Waals surface area contributed by atoms with Crippen LogP contribution in [0.2, 0.25) is 0 Å². The van der Waals surface area contributed by atoms with Gasteiger partial charge in [-0.25, -0.2) is 0 Å². The molecule has 0 aromatic heterocycles. The van der Waals surface area contributed by atoms with Gasteiger partial charge in [0.05, 0.1) is 0 Å². The summed E-state index contributed by atoms with van der Waals surface area (Å²) in [4.78, 5) is 0. The molecule has 1 heteroatoms. The van der Waals surface area contributed by atoms with Gasteiger partial charge in [0.25, 0.3) is 0 Å². The Morgan fingerprint density at radius 3 is 2.17 bits per heavy atom. The first-order chi connectivity index (χ1) is 8.83. The molecule has 100 valence electrons. The van der Waals surface area contributed by atoms with Crippen LogP contribution in [0.4, 0.5) is 0 Å². The number of allylic oxidation sites excluding steroid dienone is 1. The largest absolute Gasteiger partial charge is 0.508 e. The number of phenolic OH excluding ortho intramolecular Hbond substituents is 1. The van der Waals surface area contributed by atoms with Crippen molar-refractivity contribution in [2.75, 3.05) is 0 Å². The van der Waals surface area contributed by atoms with Crippen molar-refractivity contribution in [3.8, 4) is 5.75 Å². The van der Waals surface area contributed by atoms with E-state index in [-0.39, 0.29) is 0 Å². The van der Waals surface area contributed by atoms with Gasteiger partial charge in [0.1, 0.15) is 5.75 Å². The Balaban J connectivity index is 2.02. The van der Waals surface area contributed by atoms with Gasteiger partial charge < -0.3 is 5.11 Å². The minimum absolute atomic E-state index is 0.333. The topological polar surface area (TPSA) is 20.2 Å². The van der Waals surface area contributed by atoms with E-state index in [1.807, 2.05) is 12.1 Å². The molecule has 0 aliphatic rings. The summed E-state index contributed by atoms with van der Waals surface area (Å²) in [5.74, 6) is 0.333. The summed E-state index contributed by atoms with van der Waals surface area (Å²) >= 11 is 0. The van der Waals surface area contributed by atoms with Crippen molar-refractivity contribution in [1.82, 2.24) is 0 Å². The number of benzene rings is 1. The lowest BCUT2D eigenvalue weighted by atomic mass is 10.1. The highest BCUT2D eigenvalue weighted by atomic mass is 16.3. The van der Waals surface area contributed by atoms with E-state index in [2.05, 4.69) is 19.1 Å². The van der Waals surface area contributed by atoms with E-state index in [1.54, 1.807) is 12.1 Å². The van der Waals surface area contributed by atoms with Crippen LogP contribution in [0.15, 0.2) is 30.3 Å². The van der Waals surface area contributed by atoms with Crippen molar-refractivity contribution in [1.29, 1.82) is 0 Å². The first-order valence-electron chi connectivity index (χ1n) is 7.28. The summed E-state index contributed by atoms with van der Waals surface area (Å²) < 4.78 is 0. The molecule has 0 fully saturated rings. The lowest BCUT2D eigenvalue weighted by Gasteiger charge is -1.99. The molecule has 0 bridgehead atoms. The van der Waals surface area contributed by atoms with Gasteiger partial charge in [-0.1, -0.05) is 69.7 Å². The van der Waals surface area contributed by atoms with Gasteiger partial charge in [-0.2, -0.15) is 0 Å². The van der Waals surface area contributed by atoms with Crippen molar-refractivity contribution >= 4 is 6.08 Å². The third-order valence-corrected chi connectivity index (χ3v) is 3.18. The summed E-state index contributed by atoms with van der Waals surface area (Å²) in [7, 11) is 0. The van der Waals surface area contributed by atoms with Crippen LogP contribution in [0.3, 0.4) is 0 Å². The Kier molecular flexibility index (Phi) is 8.03. The lowest BCUT2D eigenvalue weighted by molar-refractivity contribution is 0.475. The maximum Gasteiger partial charge on any atom is 0.115 e. The summed E-state index contributed by atoms with van der Waals surface area (Å²) in [6, 6.07) is 7.34. The molecule has 1 N–H and O–H groups in total. The number of aromatic hydroxyl groups is 1. The molecular weight excluding hydrogens is 220 g/mol. The highest BCUT2D eigenvalue weighted by Gasteiger charge is 1.90. The van der Waals surface area contributed by atoms with Gasteiger partial charge in [-0.3, -0.25) is 0 Å². The van der Waals surface area contributed by atoms with Crippen molar-refractivity contribution in [2.45, 2.75) is 58.3 Å². The van der Waals surface area contributed by atoms with Crippen LogP contribution in [0.1, 0.15) is 63.9 Å². The van der Waals surface area contributed by atoms with E-state index in [0.717, 1.165) is 12.0 Å². The standard InChI is InChI=1S/C17H26O/c1-2-3-4-5-6-7-8-9-10-11-16-12-14-17(18)15-13-16/h10-15,18H,2-9H2,1H3. The molecule has 1 aromatic carbocycles. The SMILES string of the molecule is CCCCCCCCCC=Cc1ccc(O)cc1. The Bertz CT molecular complexity index is 324. The van der Waals surface area contributed by atoms with E-state index in [0.29, 0.717) is 5.75 Å². The number of unbranched alkanes of at least 4 members (excludes halogenated alkanes) is 7. The summed E-state index contributed by atoms with van der Waals surface area (Å²) in [6.07, 6.45) is 15.1. The molecule has 0 saturated heterocycles. The zero-order chi connectivity index (χ0) is 13.1. The molecule has 1 aromatic rings. The number of hydrogen-bond donors (Lipinski definition) is 1. The third kappa shape index (κ3) is 7.16. The van der Waals surface area contributed by atoms with Gasteiger partial charge in [-0.05, 0) is 30.5 Å². The van der Waals surface area contributed by atoms with Crippen LogP contribution >= 0.6 is 0 Å². The molecule has 0 saturated carbocycles. The Morgan fingerprint density at radius 2 is 1.50 bits per heavy atom. The van der Waals surface area contributed by atoms with Crippen LogP contribution in [-0.4, -0.2) is 5.11 Å². The molecule has 0 unspecified atom stereocenters. The van der Waals surface area contributed by atoms with Gasteiger partial charge in [0, 0.05) is 0 Å². The summed E-state index contributed by atoms with van der Waals surface area (Å²) in [5.41, 5.74) is 1.16. The van der Waals surface area contributed by atoms with Gasteiger partial charge in [0.15, 0.2) is 0 Å². The monoisotopic (exact) mass is 246 g/mol. The maximum atomic E-state index is 9.16. The first-order valence-corrected chi connectivity index (χ1v) is 7.28. The molecule has 0 spiro atoms. The van der Waals surface area contributed by atoms with Gasteiger partial charge in [-0.15, -0.1) is 0 Å². The smallest absolute Gasteiger partial charge is 0.115 e. The molecule has 1 nitrogen and oxygen atoms in total. The van der Waals surface area contributed by atoms with Crippen LogP contribution < -0.4 is 0 Å². The highest BCUT2D eigenvalue weighted by molar-refractivity contribution is 5.50. The summed E-state index contributed by atoms with van der Waals surface area (Å²) in [5, 5.41) is 9.16. The molecule has 0 aliphatic carbocycles. The van der Waals surface area contributed by atoms with Crippen LogP contribution in [0.5, 0.6) is 5.75 Å². The van der Waals surface area contributed by atoms with Crippen molar-refractivity contribution in [3.63, 3.8) is 0 Å². The van der Waals surface area contributed by atoms with Crippen molar-refractivity contribution < 1.29 is 5.11 Å². The Morgan fingerprint density at radius 1 is 0.889 bits per heavy atom. The average molecular weight is 246 g/mol. The average Bonchev–Trinajstić information content (AvgIpc) is 2.39. The van der Waals surface area contributed by atoms with Crippen LogP contribution in [-0.2, 0) is 0 Å². The second-order valence-corrected chi connectivity index (χ2v) is 4.90. The van der Waals surface area contributed by atoms with Gasteiger partial charge >= 0.3 is 0 Å². The predicted octanol–water partition coefficient (Wildman–Crippen LogP) is 5.55. The minimum Gasteiger partial charge on any atom is -0.508 e. The molecular formula is C17H26O. The van der Waals surface area contributed by atoms with Crippen molar-refractivity contribution in [2.24, 2.45) is 0 Å². The van der Waals surface area contributed by atoms with Crippen LogP contribution in [0.25, 0.3) is 6.08 Å². The molecule has 0 amide bonds. The van der Waals surface area contributed by atoms with E-state index in [9.17, 15) is 0 Å². The van der Waals surface area contributed by atoms with E-state index in [1.165, 1.54) is 44.9 Å². The minimum atomic E-state index is 0.333. The fraction of sp³-hybridized carbons (Fsp3) is 0.529. The fourth-order valence-corrected chi connectivity index (χ4v) is 2.02. The van der Waals surface area contributed by atoms with Gasteiger partial charge in [0.2, 0.25) is 0 Å². The predicted molar refractivity (Wildman–Crippen MR) is 79.8 cm³/mol. The molecule has 0 atom stereocenters. The maximum absolute atomic E-state index is 9.16. The normalized spacial score (nSPS) is 11.2. The first kappa shape index (κ1) is 14.8. The zero-order valence-corrected chi connectivity index (χ0v) is 11.6. The van der Waals surface area contributed by atoms with Crippen LogP contribution in [0, 0.1) is 0 Å². The number of rotatable bonds is 9. The fourth-order valence-electron chi connectivity index (χ4n) is 2.02. The zero-order valence-electron chi connectivity index (χ0n) is 11.6.